The number of hydrogen-bond acceptors (Lipinski definition) is 4. The van der Waals surface area contributed by atoms with Crippen LogP contribution in [0.2, 0.25) is 0 Å². The summed E-state index contributed by atoms with van der Waals surface area (Å²) in [6.45, 7) is 6.21. The Morgan fingerprint density at radius 2 is 2.31 bits per heavy atom. The van der Waals surface area contributed by atoms with Crippen LogP contribution >= 0.6 is 23.1 Å². The Labute approximate surface area is 87.0 Å². The molecule has 0 aliphatic heterocycles. The summed E-state index contributed by atoms with van der Waals surface area (Å²) in [7, 11) is 0. The Bertz CT molecular complexity index is 323. The molecular weight excluding hydrogens is 200 g/mol. The fourth-order valence-corrected chi connectivity index (χ4v) is 2.49. The van der Waals surface area contributed by atoms with Crippen LogP contribution in [-0.2, 0) is 5.75 Å². The summed E-state index contributed by atoms with van der Waals surface area (Å²) >= 11 is 3.36. The molecule has 0 aliphatic rings. The molecule has 0 amide bonds. The van der Waals surface area contributed by atoms with E-state index in [4.69, 9.17) is 5.26 Å². The first kappa shape index (κ1) is 10.6. The monoisotopic (exact) mass is 212 g/mol. The zero-order chi connectivity index (χ0) is 9.84. The lowest BCUT2D eigenvalue weighted by Gasteiger charge is -2.00. The predicted molar refractivity (Wildman–Crippen MR) is 58.0 cm³/mol. The third-order valence-electron chi connectivity index (χ3n) is 1.48. The molecule has 2 nitrogen and oxygen atoms in total. The molecule has 0 fully saturated rings. The molecule has 0 unspecified atom stereocenters. The van der Waals surface area contributed by atoms with Gasteiger partial charge in [0.1, 0.15) is 16.0 Å². The van der Waals surface area contributed by atoms with Crippen LogP contribution in [0.4, 0.5) is 0 Å². The van der Waals surface area contributed by atoms with Crippen molar-refractivity contribution in [2.75, 3.05) is 0 Å². The summed E-state index contributed by atoms with van der Waals surface area (Å²) in [5.74, 6) is 0.921. The van der Waals surface area contributed by atoms with Gasteiger partial charge in [-0.1, -0.05) is 13.8 Å². The molecule has 13 heavy (non-hydrogen) atoms. The molecule has 4 heteroatoms. The van der Waals surface area contributed by atoms with Gasteiger partial charge in [0.15, 0.2) is 0 Å². The Morgan fingerprint density at radius 1 is 1.62 bits per heavy atom. The first-order chi connectivity index (χ1) is 6.13. The summed E-state index contributed by atoms with van der Waals surface area (Å²) < 4.78 is 0. The van der Waals surface area contributed by atoms with Crippen molar-refractivity contribution in [3.63, 3.8) is 0 Å². The highest BCUT2D eigenvalue weighted by atomic mass is 32.2. The topological polar surface area (TPSA) is 36.7 Å². The number of thiazole rings is 1. The number of nitriles is 1. The number of nitrogens with zero attached hydrogens (tertiary/aromatic N) is 2. The van der Waals surface area contributed by atoms with Gasteiger partial charge in [0, 0.05) is 5.75 Å². The van der Waals surface area contributed by atoms with E-state index in [-0.39, 0.29) is 0 Å². The molecular formula is C9H12N2S2. The van der Waals surface area contributed by atoms with Crippen molar-refractivity contribution in [3.8, 4) is 6.07 Å². The molecule has 0 N–H and O–H groups in total. The predicted octanol–water partition coefficient (Wildman–Crippen LogP) is 2.96. The van der Waals surface area contributed by atoms with Crippen LogP contribution in [0.3, 0.4) is 0 Å². The first-order valence-electron chi connectivity index (χ1n) is 4.11. The number of thioether (sulfide) groups is 1. The molecule has 0 aromatic carbocycles. The maximum absolute atomic E-state index is 8.72. The van der Waals surface area contributed by atoms with Crippen molar-refractivity contribution in [2.24, 2.45) is 0 Å². The molecule has 70 valence electrons. The van der Waals surface area contributed by atoms with Crippen LogP contribution in [0, 0.1) is 18.3 Å². The average molecular weight is 212 g/mol. The van der Waals surface area contributed by atoms with E-state index in [1.165, 1.54) is 11.3 Å². The van der Waals surface area contributed by atoms with Gasteiger partial charge in [0.25, 0.3) is 0 Å². The molecule has 0 saturated heterocycles. The van der Waals surface area contributed by atoms with Gasteiger partial charge in [-0.3, -0.25) is 0 Å². The van der Waals surface area contributed by atoms with E-state index in [2.05, 4.69) is 24.9 Å². The van der Waals surface area contributed by atoms with Gasteiger partial charge in [-0.2, -0.15) is 17.0 Å². The standard InChI is InChI=1S/C9H12N2S2/c1-6(2)12-5-9-11-7(3)8(4-10)13-9/h6H,5H2,1-3H3. The minimum absolute atomic E-state index is 0.620. The number of rotatable bonds is 3. The lowest BCUT2D eigenvalue weighted by atomic mass is 10.4. The zero-order valence-corrected chi connectivity index (χ0v) is 9.63. The minimum Gasteiger partial charge on any atom is -0.244 e. The molecule has 1 rings (SSSR count). The second-order valence-electron chi connectivity index (χ2n) is 2.99. The normalized spacial score (nSPS) is 10.4. The van der Waals surface area contributed by atoms with Crippen LogP contribution < -0.4 is 0 Å². The summed E-state index contributed by atoms with van der Waals surface area (Å²) in [6, 6.07) is 2.15. The van der Waals surface area contributed by atoms with Crippen molar-refractivity contribution in [3.05, 3.63) is 15.6 Å². The second kappa shape index (κ2) is 4.64. The van der Waals surface area contributed by atoms with E-state index in [1.807, 2.05) is 18.7 Å². The Balaban J connectivity index is 2.64. The van der Waals surface area contributed by atoms with E-state index in [0.717, 1.165) is 21.3 Å². The van der Waals surface area contributed by atoms with E-state index in [9.17, 15) is 0 Å². The van der Waals surface area contributed by atoms with Gasteiger partial charge in [0.2, 0.25) is 0 Å². The highest BCUT2D eigenvalue weighted by molar-refractivity contribution is 7.99. The van der Waals surface area contributed by atoms with Crippen LogP contribution in [0.5, 0.6) is 0 Å². The van der Waals surface area contributed by atoms with Crippen molar-refractivity contribution in [1.82, 2.24) is 4.98 Å². The smallest absolute Gasteiger partial charge is 0.127 e. The molecule has 0 radical (unpaired) electrons. The highest BCUT2D eigenvalue weighted by Gasteiger charge is 2.07. The minimum atomic E-state index is 0.620. The number of hydrogen-bond donors (Lipinski definition) is 0. The molecule has 0 atom stereocenters. The number of aryl methyl sites for hydroxylation is 1. The molecule has 1 heterocycles. The van der Waals surface area contributed by atoms with Gasteiger partial charge in [0.05, 0.1) is 5.69 Å². The third-order valence-corrected chi connectivity index (χ3v) is 3.83. The van der Waals surface area contributed by atoms with Crippen LogP contribution in [0.25, 0.3) is 0 Å². The zero-order valence-electron chi connectivity index (χ0n) is 8.00. The first-order valence-corrected chi connectivity index (χ1v) is 5.98. The summed E-state index contributed by atoms with van der Waals surface area (Å²) in [6.07, 6.45) is 0. The third kappa shape index (κ3) is 3.02. The largest absolute Gasteiger partial charge is 0.244 e. The van der Waals surface area contributed by atoms with Crippen LogP contribution in [0.15, 0.2) is 0 Å². The van der Waals surface area contributed by atoms with E-state index >= 15 is 0 Å². The lowest BCUT2D eigenvalue weighted by molar-refractivity contribution is 1.10. The maximum atomic E-state index is 8.72. The van der Waals surface area contributed by atoms with Gasteiger partial charge >= 0.3 is 0 Å². The molecule has 0 bridgehead atoms. The highest BCUT2D eigenvalue weighted by Crippen LogP contribution is 2.23. The van der Waals surface area contributed by atoms with Gasteiger partial charge in [-0.05, 0) is 12.2 Å². The van der Waals surface area contributed by atoms with Crippen molar-refractivity contribution in [2.45, 2.75) is 31.8 Å². The Hall–Kier alpha value is -0.530. The quantitative estimate of drug-likeness (QED) is 0.773. The summed E-state index contributed by atoms with van der Waals surface area (Å²) in [5, 5.41) is 10.4. The van der Waals surface area contributed by atoms with Crippen molar-refractivity contribution >= 4 is 23.1 Å². The SMILES string of the molecule is Cc1nc(CSC(C)C)sc1C#N. The van der Waals surface area contributed by atoms with E-state index in [0.29, 0.717) is 5.25 Å². The maximum Gasteiger partial charge on any atom is 0.127 e. The van der Waals surface area contributed by atoms with Crippen molar-refractivity contribution < 1.29 is 0 Å². The Morgan fingerprint density at radius 3 is 2.77 bits per heavy atom. The van der Waals surface area contributed by atoms with E-state index < -0.39 is 0 Å². The number of aromatic nitrogens is 1. The fraction of sp³-hybridized carbons (Fsp3) is 0.556. The van der Waals surface area contributed by atoms with E-state index in [1.54, 1.807) is 0 Å². The fourth-order valence-electron chi connectivity index (χ4n) is 0.856. The lowest BCUT2D eigenvalue weighted by Crippen LogP contribution is -1.88. The molecule has 0 aliphatic carbocycles. The molecule has 1 aromatic heterocycles. The average Bonchev–Trinajstić information content (AvgIpc) is 2.43. The van der Waals surface area contributed by atoms with Crippen molar-refractivity contribution in [1.29, 1.82) is 5.26 Å². The Kier molecular flexibility index (Phi) is 3.76. The molecule has 0 spiro atoms. The van der Waals surface area contributed by atoms with Gasteiger partial charge in [-0.25, -0.2) is 4.98 Å². The van der Waals surface area contributed by atoms with Gasteiger partial charge in [-0.15, -0.1) is 11.3 Å². The summed E-state index contributed by atoms with van der Waals surface area (Å²) in [5.41, 5.74) is 0.867. The van der Waals surface area contributed by atoms with Gasteiger partial charge < -0.3 is 0 Å². The van der Waals surface area contributed by atoms with Crippen LogP contribution in [0.1, 0.15) is 29.4 Å². The molecule has 0 saturated carbocycles. The van der Waals surface area contributed by atoms with Crippen LogP contribution in [-0.4, -0.2) is 10.2 Å². The second-order valence-corrected chi connectivity index (χ2v) is 5.64. The molecule has 1 aromatic rings. The summed E-state index contributed by atoms with van der Waals surface area (Å²) in [4.78, 5) is 5.08.